The predicted molar refractivity (Wildman–Crippen MR) is 232 cm³/mol. The molecule has 53 heavy (non-hydrogen) atoms. The van der Waals surface area contributed by atoms with Gasteiger partial charge in [-0.1, -0.05) is 189 Å². The number of benzene rings is 8. The van der Waals surface area contributed by atoms with Crippen molar-refractivity contribution in [3.63, 3.8) is 0 Å². The summed E-state index contributed by atoms with van der Waals surface area (Å²) >= 11 is 0. The summed E-state index contributed by atoms with van der Waals surface area (Å²) in [4.78, 5) is 0. The smallest absolute Gasteiger partial charge is 0.179 e. The molecule has 1 nitrogen and oxygen atoms in total. The molecule has 252 valence electrons. The van der Waals surface area contributed by atoms with E-state index in [0.29, 0.717) is 0 Å². The van der Waals surface area contributed by atoms with E-state index in [9.17, 15) is 0 Å². The zero-order valence-electron chi connectivity index (χ0n) is 30.0. The van der Waals surface area contributed by atoms with E-state index in [1.54, 1.807) is 5.19 Å². The third-order valence-corrected chi connectivity index (χ3v) is 20.0. The van der Waals surface area contributed by atoms with Crippen molar-refractivity contribution in [1.82, 2.24) is 4.57 Å². The largest absolute Gasteiger partial charge is 0.309 e. The molecule has 0 aliphatic carbocycles. The molecule has 0 saturated carbocycles. The Morgan fingerprint density at radius 1 is 0.377 bits per heavy atom. The van der Waals surface area contributed by atoms with Gasteiger partial charge in [0.05, 0.1) is 11.0 Å². The normalized spacial score (nSPS) is 13.2. The van der Waals surface area contributed by atoms with Crippen molar-refractivity contribution in [3.8, 4) is 27.9 Å². The maximum absolute atomic E-state index is 2.86. The molecular weight excluding hydrogens is 671 g/mol. The summed E-state index contributed by atoms with van der Waals surface area (Å²) in [6.45, 7) is 5.01. The molecule has 9 aromatic rings. The monoisotopic (exact) mass is 709 g/mol. The van der Waals surface area contributed by atoms with Gasteiger partial charge < -0.3 is 4.57 Å². The fraction of sp³-hybridized carbons (Fsp3) is 0.0400. The summed E-state index contributed by atoms with van der Waals surface area (Å²) in [7, 11) is -4.68. The molecule has 1 aliphatic heterocycles. The highest BCUT2D eigenvalue weighted by Gasteiger charge is 2.42. The van der Waals surface area contributed by atoms with Crippen LogP contribution in [0.1, 0.15) is 0 Å². The fourth-order valence-corrected chi connectivity index (χ4v) is 17.1. The van der Waals surface area contributed by atoms with E-state index in [2.05, 4.69) is 218 Å². The third-order valence-electron chi connectivity index (χ3n) is 11.7. The lowest BCUT2D eigenvalue weighted by molar-refractivity contribution is 1.18. The van der Waals surface area contributed by atoms with E-state index in [1.807, 2.05) is 0 Å². The number of hydrogen-bond acceptors (Lipinski definition) is 0. The van der Waals surface area contributed by atoms with Gasteiger partial charge in [0.1, 0.15) is 8.07 Å². The van der Waals surface area contributed by atoms with Gasteiger partial charge in [-0.2, -0.15) is 0 Å². The zero-order valence-corrected chi connectivity index (χ0v) is 32.0. The Kier molecular flexibility index (Phi) is 7.36. The van der Waals surface area contributed by atoms with Gasteiger partial charge in [0, 0.05) is 16.5 Å². The Balaban J connectivity index is 1.24. The standard InChI is InChI=1S/C50H39NSi2/c1-52(2)49-28-15-13-26-45(49)46-31-29-37(34-50(46)52)36-17-16-24-41(33-36)53(39-20-8-4-9-21-39,40-22-10-5-11-23-40)42-30-32-44-43-25-12-14-27-47(43)51(48(44)35-42)38-18-6-3-7-19-38/h3-35H,1-2H3. The van der Waals surface area contributed by atoms with Crippen LogP contribution in [-0.2, 0) is 0 Å². The minimum absolute atomic E-state index is 1.18. The van der Waals surface area contributed by atoms with Crippen LogP contribution in [0.25, 0.3) is 49.7 Å². The SMILES string of the molecule is C[Si]1(C)c2ccccc2-c2ccc(-c3cccc([Si](c4ccccc4)(c4ccccc4)c4ccc5c6ccccc6n(-c6ccccc6)c5c4)c3)cc21. The van der Waals surface area contributed by atoms with Crippen LogP contribution >= 0.6 is 0 Å². The lowest BCUT2D eigenvalue weighted by atomic mass is 10.0. The van der Waals surface area contributed by atoms with Crippen molar-refractivity contribution in [2.24, 2.45) is 0 Å². The van der Waals surface area contributed by atoms with E-state index >= 15 is 0 Å². The van der Waals surface area contributed by atoms with Crippen LogP contribution in [0.4, 0.5) is 0 Å². The van der Waals surface area contributed by atoms with Crippen molar-refractivity contribution in [2.45, 2.75) is 13.1 Å². The molecular formula is C50H39NSi2. The summed E-state index contributed by atoms with van der Waals surface area (Å²) in [5, 5.41) is 11.1. The quantitative estimate of drug-likeness (QED) is 0.120. The Morgan fingerprint density at radius 2 is 0.943 bits per heavy atom. The lowest BCUT2D eigenvalue weighted by Gasteiger charge is -2.35. The second-order valence-electron chi connectivity index (χ2n) is 14.9. The first kappa shape index (κ1) is 31.7. The van der Waals surface area contributed by atoms with Crippen LogP contribution in [0, 0.1) is 0 Å². The fourth-order valence-electron chi connectivity index (χ4n) is 9.25. The van der Waals surface area contributed by atoms with Gasteiger partial charge >= 0.3 is 0 Å². The lowest BCUT2D eigenvalue weighted by Crippen LogP contribution is -2.74. The van der Waals surface area contributed by atoms with Crippen LogP contribution < -0.4 is 31.1 Å². The molecule has 2 heterocycles. The van der Waals surface area contributed by atoms with Crippen molar-refractivity contribution < 1.29 is 0 Å². The molecule has 1 aliphatic rings. The van der Waals surface area contributed by atoms with Crippen molar-refractivity contribution >= 4 is 69.1 Å². The van der Waals surface area contributed by atoms with Gasteiger partial charge in [-0.05, 0) is 77.6 Å². The second-order valence-corrected chi connectivity index (χ2v) is 23.1. The predicted octanol–water partition coefficient (Wildman–Crippen LogP) is 8.63. The van der Waals surface area contributed by atoms with E-state index in [4.69, 9.17) is 0 Å². The molecule has 1 aromatic heterocycles. The van der Waals surface area contributed by atoms with Gasteiger partial charge in [-0.3, -0.25) is 0 Å². The van der Waals surface area contributed by atoms with Gasteiger partial charge in [0.25, 0.3) is 0 Å². The second kappa shape index (κ2) is 12.3. The van der Waals surface area contributed by atoms with Crippen LogP contribution in [0.2, 0.25) is 13.1 Å². The van der Waals surface area contributed by atoms with E-state index in [0.717, 1.165) is 0 Å². The molecule has 10 rings (SSSR count). The maximum atomic E-state index is 2.52. The topological polar surface area (TPSA) is 4.93 Å². The molecule has 0 fully saturated rings. The Hall–Kier alpha value is -6.01. The molecule has 0 saturated heterocycles. The Bertz CT molecular complexity index is 2760. The van der Waals surface area contributed by atoms with Crippen molar-refractivity contribution in [2.75, 3.05) is 0 Å². The minimum atomic E-state index is -2.86. The average molecular weight is 710 g/mol. The Morgan fingerprint density at radius 3 is 1.70 bits per heavy atom. The molecule has 0 spiro atoms. The number of rotatable bonds is 6. The zero-order chi connectivity index (χ0) is 35.6. The van der Waals surface area contributed by atoms with E-state index in [1.165, 1.54) is 75.7 Å². The summed E-state index contributed by atoms with van der Waals surface area (Å²) in [5.74, 6) is 0. The van der Waals surface area contributed by atoms with Crippen LogP contribution in [-0.4, -0.2) is 20.7 Å². The van der Waals surface area contributed by atoms with Gasteiger partial charge in [-0.25, -0.2) is 0 Å². The first-order valence-electron chi connectivity index (χ1n) is 18.6. The van der Waals surface area contributed by atoms with Gasteiger partial charge in [-0.15, -0.1) is 0 Å². The van der Waals surface area contributed by atoms with Crippen LogP contribution in [0.3, 0.4) is 0 Å². The number of nitrogens with zero attached hydrogens (tertiary/aromatic N) is 1. The number of aromatic nitrogens is 1. The third kappa shape index (κ3) is 4.81. The number of hydrogen-bond donors (Lipinski definition) is 0. The van der Waals surface area contributed by atoms with E-state index in [-0.39, 0.29) is 0 Å². The van der Waals surface area contributed by atoms with Crippen LogP contribution in [0.5, 0.6) is 0 Å². The van der Waals surface area contributed by atoms with Crippen LogP contribution in [0.15, 0.2) is 200 Å². The first-order valence-corrected chi connectivity index (χ1v) is 23.6. The molecule has 0 unspecified atom stereocenters. The minimum Gasteiger partial charge on any atom is -0.309 e. The number of para-hydroxylation sites is 2. The maximum Gasteiger partial charge on any atom is 0.179 e. The highest BCUT2D eigenvalue weighted by atomic mass is 28.3. The highest BCUT2D eigenvalue weighted by Crippen LogP contribution is 2.33. The molecule has 0 amide bonds. The summed E-state index contributed by atoms with van der Waals surface area (Å²) < 4.78 is 2.45. The molecule has 0 N–H and O–H groups in total. The molecule has 8 aromatic carbocycles. The van der Waals surface area contributed by atoms with Gasteiger partial charge in [0.15, 0.2) is 8.07 Å². The first-order chi connectivity index (χ1) is 26.0. The highest BCUT2D eigenvalue weighted by molar-refractivity contribution is 7.20. The molecule has 3 heteroatoms. The van der Waals surface area contributed by atoms with Crippen molar-refractivity contribution in [3.05, 3.63) is 200 Å². The Labute approximate surface area is 313 Å². The summed E-state index contributed by atoms with van der Waals surface area (Å²) in [6, 6.07) is 75.4. The summed E-state index contributed by atoms with van der Waals surface area (Å²) in [5.41, 5.74) is 9.04. The van der Waals surface area contributed by atoms with Crippen molar-refractivity contribution in [1.29, 1.82) is 0 Å². The summed E-state index contributed by atoms with van der Waals surface area (Å²) in [6.07, 6.45) is 0. The van der Waals surface area contributed by atoms with Gasteiger partial charge in [0.2, 0.25) is 0 Å². The molecule has 0 bridgehead atoms. The number of fused-ring (bicyclic) bond motifs is 6. The van der Waals surface area contributed by atoms with E-state index < -0.39 is 16.1 Å². The average Bonchev–Trinajstić information content (AvgIpc) is 3.67. The molecule has 0 radical (unpaired) electrons. The molecule has 0 atom stereocenters.